The van der Waals surface area contributed by atoms with E-state index in [1.54, 1.807) is 4.90 Å². The highest BCUT2D eigenvalue weighted by atomic mass is 35.5. The number of aryl methyl sites for hydroxylation is 1. The first-order valence-corrected chi connectivity index (χ1v) is 10.4. The van der Waals surface area contributed by atoms with Crippen molar-refractivity contribution in [2.24, 2.45) is 0 Å². The van der Waals surface area contributed by atoms with E-state index in [0.717, 1.165) is 45.5 Å². The van der Waals surface area contributed by atoms with Gasteiger partial charge >= 0.3 is 0 Å². The minimum Gasteiger partial charge on any atom is -0.356 e. The fraction of sp³-hybridized carbons (Fsp3) is 0.250. The van der Waals surface area contributed by atoms with Crippen LogP contribution >= 0.6 is 11.6 Å². The number of halogens is 1. The average Bonchev–Trinajstić information content (AvgIpc) is 3.00. The van der Waals surface area contributed by atoms with E-state index in [2.05, 4.69) is 5.32 Å². The third-order valence-corrected chi connectivity index (χ3v) is 5.71. The molecule has 0 aromatic heterocycles. The number of nitrogens with one attached hydrogen (secondary N) is 1. The summed E-state index contributed by atoms with van der Waals surface area (Å²) in [4.78, 5) is 26.7. The highest BCUT2D eigenvalue weighted by Gasteiger charge is 2.28. The maximum Gasteiger partial charge on any atom is 0.258 e. The summed E-state index contributed by atoms with van der Waals surface area (Å²) in [6.45, 7) is 1.16. The number of carbonyl (C=O) groups is 2. The zero-order valence-corrected chi connectivity index (χ0v) is 16.9. The Morgan fingerprint density at radius 1 is 0.966 bits per heavy atom. The molecule has 0 atom stereocenters. The molecular weight excluding hydrogens is 384 g/mol. The molecule has 1 aliphatic rings. The topological polar surface area (TPSA) is 49.4 Å². The third kappa shape index (κ3) is 4.13. The second-order valence-electron chi connectivity index (χ2n) is 7.29. The Hall–Kier alpha value is -2.85. The van der Waals surface area contributed by atoms with Gasteiger partial charge in [-0.1, -0.05) is 54.1 Å². The molecule has 4 rings (SSSR count). The van der Waals surface area contributed by atoms with Crippen molar-refractivity contribution in [2.45, 2.75) is 25.7 Å². The SMILES string of the molecule is O=C(CCCN1C(=O)c2cccc3cccc1c23)NCCCc1ccccc1Cl. The summed E-state index contributed by atoms with van der Waals surface area (Å²) < 4.78 is 0. The van der Waals surface area contributed by atoms with Crippen molar-refractivity contribution in [1.82, 2.24) is 5.32 Å². The Morgan fingerprint density at radius 3 is 2.59 bits per heavy atom. The van der Waals surface area contributed by atoms with Crippen LogP contribution in [0, 0.1) is 0 Å². The summed E-state index contributed by atoms with van der Waals surface area (Å²) in [7, 11) is 0. The molecule has 0 bridgehead atoms. The van der Waals surface area contributed by atoms with Crippen LogP contribution in [0.25, 0.3) is 10.8 Å². The fourth-order valence-electron chi connectivity index (χ4n) is 3.90. The average molecular weight is 407 g/mol. The number of amides is 2. The number of carbonyl (C=O) groups excluding carboxylic acids is 2. The number of nitrogens with zero attached hydrogens (tertiary/aromatic N) is 1. The molecule has 2 amide bonds. The molecule has 3 aromatic rings. The van der Waals surface area contributed by atoms with Crippen LogP contribution in [0.5, 0.6) is 0 Å². The molecule has 0 saturated carbocycles. The lowest BCUT2D eigenvalue weighted by Gasteiger charge is -2.17. The van der Waals surface area contributed by atoms with Gasteiger partial charge in [-0.2, -0.15) is 0 Å². The van der Waals surface area contributed by atoms with Crippen LogP contribution in [0.15, 0.2) is 60.7 Å². The van der Waals surface area contributed by atoms with Gasteiger partial charge in [0, 0.05) is 35.5 Å². The molecule has 0 radical (unpaired) electrons. The first-order chi connectivity index (χ1) is 14.1. The summed E-state index contributed by atoms with van der Waals surface area (Å²) in [5, 5.41) is 5.82. The van der Waals surface area contributed by atoms with Gasteiger partial charge < -0.3 is 10.2 Å². The molecule has 0 fully saturated rings. The first kappa shape index (κ1) is 19.5. The predicted molar refractivity (Wildman–Crippen MR) is 118 cm³/mol. The van der Waals surface area contributed by atoms with Crippen LogP contribution in [-0.4, -0.2) is 24.9 Å². The molecule has 1 heterocycles. The lowest BCUT2D eigenvalue weighted by Crippen LogP contribution is -2.30. The second-order valence-corrected chi connectivity index (χ2v) is 7.69. The number of anilines is 1. The van der Waals surface area contributed by atoms with Gasteiger partial charge in [0.25, 0.3) is 5.91 Å². The van der Waals surface area contributed by atoms with E-state index in [9.17, 15) is 9.59 Å². The Balaban J connectivity index is 1.24. The van der Waals surface area contributed by atoms with Gasteiger partial charge in [0.1, 0.15) is 0 Å². The van der Waals surface area contributed by atoms with Crippen molar-refractivity contribution < 1.29 is 9.59 Å². The zero-order chi connectivity index (χ0) is 20.2. The van der Waals surface area contributed by atoms with E-state index in [1.807, 2.05) is 60.7 Å². The molecule has 4 nitrogen and oxygen atoms in total. The number of hydrogen-bond acceptors (Lipinski definition) is 2. The van der Waals surface area contributed by atoms with Gasteiger partial charge in [0.2, 0.25) is 5.91 Å². The standard InChI is InChI=1S/C24H23ClN2O2/c25-20-12-2-1-7-17(20)10-5-15-26-22(28)14-6-16-27-21-13-4-9-18-8-3-11-19(23(18)21)24(27)29/h1-4,7-9,11-13H,5-6,10,14-16H2,(H,26,28). The van der Waals surface area contributed by atoms with Crippen LogP contribution in [0.3, 0.4) is 0 Å². The van der Waals surface area contributed by atoms with Gasteiger partial charge in [-0.3, -0.25) is 9.59 Å². The van der Waals surface area contributed by atoms with Crippen LogP contribution in [0.2, 0.25) is 5.02 Å². The van der Waals surface area contributed by atoms with Gasteiger partial charge in [0.15, 0.2) is 0 Å². The molecular formula is C24H23ClN2O2. The largest absolute Gasteiger partial charge is 0.356 e. The summed E-state index contributed by atoms with van der Waals surface area (Å²) in [5.41, 5.74) is 2.80. The third-order valence-electron chi connectivity index (χ3n) is 5.34. The quantitative estimate of drug-likeness (QED) is 0.536. The predicted octanol–water partition coefficient (Wildman–Crippen LogP) is 4.98. The van der Waals surface area contributed by atoms with Gasteiger partial charge in [-0.25, -0.2) is 0 Å². The van der Waals surface area contributed by atoms with E-state index in [1.165, 1.54) is 0 Å². The molecule has 0 aliphatic carbocycles. The van der Waals surface area contributed by atoms with Crippen molar-refractivity contribution >= 4 is 39.9 Å². The molecule has 5 heteroatoms. The summed E-state index contributed by atoms with van der Waals surface area (Å²) in [6.07, 6.45) is 2.72. The monoisotopic (exact) mass is 406 g/mol. The highest BCUT2D eigenvalue weighted by Crippen LogP contribution is 2.37. The smallest absolute Gasteiger partial charge is 0.258 e. The van der Waals surface area contributed by atoms with Crippen molar-refractivity contribution in [3.8, 4) is 0 Å². The van der Waals surface area contributed by atoms with Crippen molar-refractivity contribution in [1.29, 1.82) is 0 Å². The van der Waals surface area contributed by atoms with E-state index in [-0.39, 0.29) is 11.8 Å². The van der Waals surface area contributed by atoms with Crippen LogP contribution in [-0.2, 0) is 11.2 Å². The maximum absolute atomic E-state index is 12.7. The Labute approximate surface area is 175 Å². The van der Waals surface area contributed by atoms with Crippen molar-refractivity contribution in [3.05, 3.63) is 76.8 Å². The summed E-state index contributed by atoms with van der Waals surface area (Å²) in [5.74, 6) is 0.0449. The highest BCUT2D eigenvalue weighted by molar-refractivity contribution is 6.31. The molecule has 148 valence electrons. The Morgan fingerprint density at radius 2 is 1.76 bits per heavy atom. The number of hydrogen-bond donors (Lipinski definition) is 1. The molecule has 1 aliphatic heterocycles. The van der Waals surface area contributed by atoms with Crippen LogP contribution in [0.1, 0.15) is 35.2 Å². The molecule has 29 heavy (non-hydrogen) atoms. The second kappa shape index (κ2) is 8.66. The van der Waals surface area contributed by atoms with Gasteiger partial charge in [0.05, 0.1) is 5.69 Å². The summed E-state index contributed by atoms with van der Waals surface area (Å²) in [6, 6.07) is 19.6. The number of benzene rings is 3. The fourth-order valence-corrected chi connectivity index (χ4v) is 4.13. The molecule has 0 spiro atoms. The van der Waals surface area contributed by atoms with Crippen LogP contribution in [0.4, 0.5) is 5.69 Å². The molecule has 0 unspecified atom stereocenters. The zero-order valence-electron chi connectivity index (χ0n) is 16.2. The van der Waals surface area contributed by atoms with E-state index < -0.39 is 0 Å². The van der Waals surface area contributed by atoms with E-state index in [0.29, 0.717) is 25.9 Å². The minimum atomic E-state index is 0.0199. The molecule has 3 aromatic carbocycles. The molecule has 0 saturated heterocycles. The Kier molecular flexibility index (Phi) is 5.81. The van der Waals surface area contributed by atoms with E-state index in [4.69, 9.17) is 11.6 Å². The number of rotatable bonds is 8. The molecule has 1 N–H and O–H groups in total. The lowest BCUT2D eigenvalue weighted by molar-refractivity contribution is -0.121. The first-order valence-electron chi connectivity index (χ1n) is 9.99. The lowest BCUT2D eigenvalue weighted by atomic mass is 10.1. The van der Waals surface area contributed by atoms with E-state index >= 15 is 0 Å². The van der Waals surface area contributed by atoms with Gasteiger partial charge in [-0.05, 0) is 48.4 Å². The van der Waals surface area contributed by atoms with Gasteiger partial charge in [-0.15, -0.1) is 0 Å². The Bertz CT molecular complexity index is 1060. The van der Waals surface area contributed by atoms with Crippen LogP contribution < -0.4 is 10.2 Å². The van der Waals surface area contributed by atoms with Crippen molar-refractivity contribution in [3.63, 3.8) is 0 Å². The summed E-state index contributed by atoms with van der Waals surface area (Å²) >= 11 is 6.15. The normalized spacial score (nSPS) is 12.6. The maximum atomic E-state index is 12.7. The minimum absolute atomic E-state index is 0.0199. The van der Waals surface area contributed by atoms with Crippen molar-refractivity contribution in [2.75, 3.05) is 18.0 Å².